The van der Waals surface area contributed by atoms with Crippen molar-refractivity contribution in [3.63, 3.8) is 0 Å². The van der Waals surface area contributed by atoms with Crippen LogP contribution in [0, 0.1) is 11.8 Å². The van der Waals surface area contributed by atoms with Crippen LogP contribution in [0.1, 0.15) is 31.4 Å². The minimum absolute atomic E-state index is 0.0761. The molecule has 0 aromatic heterocycles. The van der Waals surface area contributed by atoms with Gasteiger partial charge in [-0.3, -0.25) is 24.1 Å². The van der Waals surface area contributed by atoms with E-state index < -0.39 is 59.6 Å². The summed E-state index contributed by atoms with van der Waals surface area (Å²) in [5, 5.41) is 13.2. The van der Waals surface area contributed by atoms with Gasteiger partial charge < -0.3 is 39.2 Å². The highest BCUT2D eigenvalue weighted by Gasteiger charge is 2.72. The second-order valence-corrected chi connectivity index (χ2v) is 13.1. The second-order valence-electron chi connectivity index (χ2n) is 13.1. The average Bonchev–Trinajstić information content (AvgIpc) is 3.49. The number of carbonyl (C=O) groups is 4. The van der Waals surface area contributed by atoms with Crippen molar-refractivity contribution in [3.05, 3.63) is 60.2 Å². The molecule has 6 rings (SSSR count). The summed E-state index contributed by atoms with van der Waals surface area (Å²) in [6.07, 6.45) is 5.82. The molecule has 13 nitrogen and oxygen atoms in total. The predicted molar refractivity (Wildman–Crippen MR) is 172 cm³/mol. The quantitative estimate of drug-likeness (QED) is 0.296. The van der Waals surface area contributed by atoms with Crippen molar-refractivity contribution in [3.8, 4) is 0 Å². The number of hydrogen-bond donors (Lipinski definition) is 2. The number of benzene rings is 1. The molecule has 0 bridgehead atoms. The Morgan fingerprint density at radius 2 is 1.83 bits per heavy atom. The molecule has 2 N–H and O–H groups in total. The van der Waals surface area contributed by atoms with Crippen LogP contribution >= 0.6 is 0 Å². The van der Waals surface area contributed by atoms with Crippen LogP contribution in [0.2, 0.25) is 0 Å². The largest absolute Gasteiger partial charge is 0.455 e. The Bertz CT molecular complexity index is 1400. The smallest absolute Gasteiger partial charge is 0.313 e. The molecule has 0 saturated carbocycles. The molecule has 48 heavy (non-hydrogen) atoms. The summed E-state index contributed by atoms with van der Waals surface area (Å²) < 4.78 is 24.0. The summed E-state index contributed by atoms with van der Waals surface area (Å²) >= 11 is 0. The molecule has 5 aliphatic rings. The number of carbonyl (C=O) groups excluding carboxylic acids is 4. The van der Waals surface area contributed by atoms with Gasteiger partial charge in [-0.2, -0.15) is 0 Å². The first-order chi connectivity index (χ1) is 23.3. The van der Waals surface area contributed by atoms with Crippen LogP contribution in [0.3, 0.4) is 0 Å². The summed E-state index contributed by atoms with van der Waals surface area (Å²) in [5.74, 6) is -3.84. The average molecular weight is 667 g/mol. The highest BCUT2D eigenvalue weighted by atomic mass is 16.6. The molecule has 1 aromatic carbocycles. The van der Waals surface area contributed by atoms with Crippen LogP contribution < -0.4 is 5.32 Å². The highest BCUT2D eigenvalue weighted by molar-refractivity contribution is 5.99. The number of rotatable bonds is 8. The number of esters is 1. The highest BCUT2D eigenvalue weighted by Crippen LogP contribution is 2.53. The summed E-state index contributed by atoms with van der Waals surface area (Å²) in [4.78, 5) is 61.9. The number of aliphatic hydroxyl groups excluding tert-OH is 1. The van der Waals surface area contributed by atoms with Gasteiger partial charge in [0.05, 0.1) is 50.5 Å². The summed E-state index contributed by atoms with van der Waals surface area (Å²) in [5.41, 5.74) is -0.829. The first kappa shape index (κ1) is 34.3. The van der Waals surface area contributed by atoms with Crippen molar-refractivity contribution in [2.24, 2.45) is 11.8 Å². The van der Waals surface area contributed by atoms with Crippen LogP contribution in [0.25, 0.3) is 0 Å². The van der Waals surface area contributed by atoms with Crippen molar-refractivity contribution >= 4 is 23.7 Å². The fourth-order valence-electron chi connectivity index (χ4n) is 7.73. The number of fused-ring (bicyclic) bond motifs is 2. The van der Waals surface area contributed by atoms with E-state index in [2.05, 4.69) is 10.2 Å². The number of allylic oxidation sites excluding steroid dienone is 1. The van der Waals surface area contributed by atoms with E-state index in [0.717, 1.165) is 13.1 Å². The topological polar surface area (TPSA) is 147 Å². The van der Waals surface area contributed by atoms with Gasteiger partial charge in [-0.25, -0.2) is 0 Å². The molecular weight excluding hydrogens is 620 g/mol. The molecule has 5 heterocycles. The van der Waals surface area contributed by atoms with E-state index in [1.807, 2.05) is 36.4 Å². The van der Waals surface area contributed by atoms with Gasteiger partial charge in [0.1, 0.15) is 23.7 Å². The minimum Gasteiger partial charge on any atom is -0.455 e. The number of methoxy groups -OCH3 is 1. The molecule has 3 fully saturated rings. The lowest BCUT2D eigenvalue weighted by molar-refractivity contribution is -0.163. The standard InChI is InChI=1S/C35H46N4O9/c1-23(21-40)39-31-33(43)38(16-15-37-17-19-46-20-18-37)14-8-13-35(31)29(32(39)42)28-26(48-35)11-6-7-12-27(41)36-25(22-45-2)30(47-34(28)44)24-9-4-3-5-10-24/h3-6,8-11,13,23,25-26,28-31,40H,7,12,14-22H2,1-2H3,(H,36,41)/b11-6-/t23-,25+,26+,28-,29-,30+,31+,35-/m1/s1. The zero-order valence-corrected chi connectivity index (χ0v) is 27.6. The van der Waals surface area contributed by atoms with Crippen LogP contribution in [0.5, 0.6) is 0 Å². The molecule has 1 aromatic rings. The fraction of sp³-hybridized carbons (Fsp3) is 0.600. The summed E-state index contributed by atoms with van der Waals surface area (Å²) in [7, 11) is 1.51. The third-order valence-electron chi connectivity index (χ3n) is 10.1. The van der Waals surface area contributed by atoms with E-state index in [9.17, 15) is 24.3 Å². The Hall–Kier alpha value is -3.62. The molecule has 13 heteroatoms. The van der Waals surface area contributed by atoms with Crippen molar-refractivity contribution in [1.82, 2.24) is 20.0 Å². The maximum absolute atomic E-state index is 14.6. The Labute approximate surface area is 280 Å². The zero-order valence-electron chi connectivity index (χ0n) is 27.6. The van der Waals surface area contributed by atoms with E-state index in [0.29, 0.717) is 44.8 Å². The van der Waals surface area contributed by atoms with Crippen molar-refractivity contribution < 1.29 is 43.2 Å². The van der Waals surface area contributed by atoms with Crippen LogP contribution in [-0.2, 0) is 38.1 Å². The van der Waals surface area contributed by atoms with Gasteiger partial charge in [0.25, 0.3) is 0 Å². The normalized spacial score (nSPS) is 34.2. The van der Waals surface area contributed by atoms with Gasteiger partial charge in [0, 0.05) is 46.3 Å². The first-order valence-electron chi connectivity index (χ1n) is 16.9. The number of morpholine rings is 1. The summed E-state index contributed by atoms with van der Waals surface area (Å²) in [6, 6.07) is 6.58. The molecule has 3 saturated heterocycles. The number of nitrogens with one attached hydrogen (secondary N) is 1. The SMILES string of the molecule is COC[C@@H]1NC(=O)CC/C=C\[C@@H]2O[C@@]34C=CCN(CCN5CCOCC5)C(=O)[C@@H]3N([C@H](C)CO)C(=O)[C@H]4[C@@H]2C(=O)O[C@H]1c1ccccc1. The van der Waals surface area contributed by atoms with Crippen LogP contribution in [-0.4, -0.2) is 140 Å². The molecule has 260 valence electrons. The molecule has 1 spiro atoms. The monoisotopic (exact) mass is 666 g/mol. The number of cyclic esters (lactones) is 1. The van der Waals surface area contributed by atoms with Gasteiger partial charge in [-0.15, -0.1) is 0 Å². The number of aliphatic hydroxyl groups is 1. The zero-order chi connectivity index (χ0) is 33.8. The summed E-state index contributed by atoms with van der Waals surface area (Å²) in [6.45, 7) is 5.61. The van der Waals surface area contributed by atoms with E-state index in [-0.39, 0.29) is 31.4 Å². The third kappa shape index (κ3) is 6.53. The first-order valence-corrected chi connectivity index (χ1v) is 16.9. The molecule has 5 aliphatic heterocycles. The van der Waals surface area contributed by atoms with Gasteiger partial charge >= 0.3 is 5.97 Å². The van der Waals surface area contributed by atoms with Gasteiger partial charge in [-0.1, -0.05) is 54.6 Å². The Morgan fingerprint density at radius 3 is 2.56 bits per heavy atom. The van der Waals surface area contributed by atoms with E-state index in [4.69, 9.17) is 18.9 Å². The van der Waals surface area contributed by atoms with E-state index in [1.54, 1.807) is 30.1 Å². The lowest BCUT2D eigenvalue weighted by Crippen LogP contribution is -2.58. The molecule has 8 atom stereocenters. The number of hydrogen-bond acceptors (Lipinski definition) is 10. The van der Waals surface area contributed by atoms with E-state index in [1.165, 1.54) is 12.0 Å². The Balaban J connectivity index is 1.38. The predicted octanol–water partition coefficient (Wildman–Crippen LogP) is 0.444. The maximum atomic E-state index is 14.6. The number of nitrogens with zero attached hydrogens (tertiary/aromatic N) is 3. The fourth-order valence-corrected chi connectivity index (χ4v) is 7.73. The number of likely N-dealkylation sites (tertiary alicyclic amines) is 1. The van der Waals surface area contributed by atoms with Crippen LogP contribution in [0.15, 0.2) is 54.6 Å². The van der Waals surface area contributed by atoms with Crippen LogP contribution in [0.4, 0.5) is 0 Å². The number of ether oxygens (including phenoxy) is 4. The molecular formula is C35H46N4O9. The number of amides is 3. The molecule has 3 amide bonds. The third-order valence-corrected chi connectivity index (χ3v) is 10.1. The second kappa shape index (κ2) is 14.9. The minimum atomic E-state index is -1.48. The van der Waals surface area contributed by atoms with Gasteiger partial charge in [0.2, 0.25) is 17.7 Å². The van der Waals surface area contributed by atoms with Gasteiger partial charge in [0.15, 0.2) is 0 Å². The van der Waals surface area contributed by atoms with Crippen molar-refractivity contribution in [2.75, 3.05) is 66.3 Å². The lowest BCUT2D eigenvalue weighted by atomic mass is 9.77. The van der Waals surface area contributed by atoms with Crippen molar-refractivity contribution in [2.45, 2.75) is 55.7 Å². The van der Waals surface area contributed by atoms with E-state index >= 15 is 0 Å². The lowest BCUT2D eigenvalue weighted by Gasteiger charge is -2.38. The Kier molecular flexibility index (Phi) is 10.6. The molecule has 0 unspecified atom stereocenters. The Morgan fingerprint density at radius 1 is 1.06 bits per heavy atom. The van der Waals surface area contributed by atoms with Crippen molar-refractivity contribution in [1.29, 1.82) is 0 Å². The maximum Gasteiger partial charge on any atom is 0.313 e. The molecule has 0 aliphatic carbocycles. The molecule has 0 radical (unpaired) electrons. The van der Waals surface area contributed by atoms with Gasteiger partial charge in [-0.05, 0) is 18.9 Å².